The second kappa shape index (κ2) is 9.25. The number of hydrogen-bond acceptors (Lipinski definition) is 4. The van der Waals surface area contributed by atoms with Crippen LogP contribution in [0.15, 0.2) is 65.3 Å². The number of carbonyl (C=O) groups is 1. The van der Waals surface area contributed by atoms with Crippen molar-refractivity contribution in [3.8, 4) is 0 Å². The molecule has 1 saturated carbocycles. The summed E-state index contributed by atoms with van der Waals surface area (Å²) < 4.78 is 5.59. The van der Waals surface area contributed by atoms with Gasteiger partial charge in [-0.1, -0.05) is 54.1 Å². The highest BCUT2D eigenvalue weighted by Crippen LogP contribution is 2.30. The van der Waals surface area contributed by atoms with Gasteiger partial charge >= 0.3 is 0 Å². The minimum absolute atomic E-state index is 0.229. The molecule has 5 nitrogen and oxygen atoms in total. The van der Waals surface area contributed by atoms with Crippen LogP contribution in [0.3, 0.4) is 0 Å². The quantitative estimate of drug-likeness (QED) is 0.558. The molecule has 1 fully saturated rings. The van der Waals surface area contributed by atoms with Crippen molar-refractivity contribution in [1.29, 1.82) is 0 Å². The molecule has 0 bridgehead atoms. The Morgan fingerprint density at radius 1 is 1.10 bits per heavy atom. The average molecular weight is 410 g/mol. The summed E-state index contributed by atoms with van der Waals surface area (Å²) in [6, 6.07) is 17.7. The summed E-state index contributed by atoms with van der Waals surface area (Å²) in [5, 5.41) is 3.62. The van der Waals surface area contributed by atoms with Crippen LogP contribution in [0.5, 0.6) is 0 Å². The number of aromatic nitrogens is 1. The summed E-state index contributed by atoms with van der Waals surface area (Å²) in [6.45, 7) is 2.79. The SMILES string of the molecule is O=C(NCc1ccccc1)c1coc(CN(Cc2cccc(Cl)c2)CC2CC2)n1. The van der Waals surface area contributed by atoms with Crippen LogP contribution >= 0.6 is 11.6 Å². The Bertz CT molecular complexity index is 954. The van der Waals surface area contributed by atoms with Crippen LogP contribution in [-0.2, 0) is 19.6 Å². The molecule has 1 heterocycles. The van der Waals surface area contributed by atoms with E-state index in [0.29, 0.717) is 24.7 Å². The first kappa shape index (κ1) is 19.7. The van der Waals surface area contributed by atoms with Crippen LogP contribution in [0.1, 0.15) is 40.3 Å². The fourth-order valence-corrected chi connectivity index (χ4v) is 3.50. The Kier molecular flexibility index (Phi) is 6.27. The number of nitrogens with zero attached hydrogens (tertiary/aromatic N) is 2. The van der Waals surface area contributed by atoms with Crippen molar-refractivity contribution < 1.29 is 9.21 Å². The zero-order valence-corrected chi connectivity index (χ0v) is 16.9. The third kappa shape index (κ3) is 5.92. The maximum absolute atomic E-state index is 12.4. The van der Waals surface area contributed by atoms with Crippen LogP contribution in [0.25, 0.3) is 0 Å². The molecule has 4 rings (SSSR count). The lowest BCUT2D eigenvalue weighted by molar-refractivity contribution is 0.0945. The molecule has 1 aliphatic carbocycles. The van der Waals surface area contributed by atoms with Gasteiger partial charge in [-0.05, 0) is 42.0 Å². The lowest BCUT2D eigenvalue weighted by Gasteiger charge is -2.20. The zero-order chi connectivity index (χ0) is 20.1. The smallest absolute Gasteiger partial charge is 0.273 e. The number of amides is 1. The zero-order valence-electron chi connectivity index (χ0n) is 16.2. The summed E-state index contributed by atoms with van der Waals surface area (Å²) in [7, 11) is 0. The minimum Gasteiger partial charge on any atom is -0.447 e. The Morgan fingerprint density at radius 2 is 1.90 bits per heavy atom. The van der Waals surface area contributed by atoms with Crippen molar-refractivity contribution in [2.45, 2.75) is 32.5 Å². The predicted molar refractivity (Wildman–Crippen MR) is 112 cm³/mol. The maximum Gasteiger partial charge on any atom is 0.273 e. The monoisotopic (exact) mass is 409 g/mol. The van der Waals surface area contributed by atoms with Gasteiger partial charge in [-0.15, -0.1) is 0 Å². The highest BCUT2D eigenvalue weighted by atomic mass is 35.5. The van der Waals surface area contributed by atoms with E-state index in [2.05, 4.69) is 21.3 Å². The molecular formula is C23H24ClN3O2. The van der Waals surface area contributed by atoms with Crippen LogP contribution in [0, 0.1) is 5.92 Å². The molecular weight excluding hydrogens is 386 g/mol. The molecule has 0 radical (unpaired) electrons. The summed E-state index contributed by atoms with van der Waals surface area (Å²) >= 11 is 6.12. The number of hydrogen-bond donors (Lipinski definition) is 1. The van der Waals surface area contributed by atoms with Crippen molar-refractivity contribution in [2.24, 2.45) is 5.92 Å². The van der Waals surface area contributed by atoms with Crippen LogP contribution in [0.2, 0.25) is 5.02 Å². The molecule has 6 heteroatoms. The number of benzene rings is 2. The summed E-state index contributed by atoms with van der Waals surface area (Å²) in [5.74, 6) is 1.06. The highest BCUT2D eigenvalue weighted by molar-refractivity contribution is 6.30. The minimum atomic E-state index is -0.229. The normalized spacial score (nSPS) is 13.6. The maximum atomic E-state index is 12.4. The molecule has 0 saturated heterocycles. The van der Waals surface area contributed by atoms with Crippen LogP contribution < -0.4 is 5.32 Å². The van der Waals surface area contributed by atoms with E-state index in [4.69, 9.17) is 16.0 Å². The standard InChI is InChI=1S/C23H24ClN3O2/c24-20-8-4-7-19(11-20)14-27(13-18-9-10-18)15-22-26-21(16-29-22)23(28)25-12-17-5-2-1-3-6-17/h1-8,11,16,18H,9-10,12-15H2,(H,25,28). The second-order valence-corrected chi connectivity index (χ2v) is 7.97. The van der Waals surface area contributed by atoms with Crippen molar-refractivity contribution in [2.75, 3.05) is 6.54 Å². The molecule has 1 aliphatic rings. The van der Waals surface area contributed by atoms with E-state index in [0.717, 1.165) is 35.2 Å². The summed E-state index contributed by atoms with van der Waals surface area (Å²) in [4.78, 5) is 19.1. The number of carbonyl (C=O) groups excluding carboxylic acids is 1. The lowest BCUT2D eigenvalue weighted by atomic mass is 10.2. The molecule has 1 amide bonds. The molecule has 0 spiro atoms. The van der Waals surface area contributed by atoms with Gasteiger partial charge in [0, 0.05) is 24.7 Å². The molecule has 29 heavy (non-hydrogen) atoms. The fraction of sp³-hybridized carbons (Fsp3) is 0.304. The number of halogens is 1. The molecule has 1 N–H and O–H groups in total. The second-order valence-electron chi connectivity index (χ2n) is 7.54. The van der Waals surface area contributed by atoms with Gasteiger partial charge in [0.05, 0.1) is 6.54 Å². The molecule has 1 aromatic heterocycles. The van der Waals surface area contributed by atoms with Crippen molar-refractivity contribution in [1.82, 2.24) is 15.2 Å². The van der Waals surface area contributed by atoms with Gasteiger partial charge < -0.3 is 9.73 Å². The predicted octanol–water partition coefficient (Wildman–Crippen LogP) is 4.67. The Balaban J connectivity index is 1.36. The third-order valence-corrected chi connectivity index (χ3v) is 5.18. The molecule has 2 aromatic carbocycles. The average Bonchev–Trinajstić information content (AvgIpc) is 3.41. The molecule has 0 aliphatic heterocycles. The highest BCUT2D eigenvalue weighted by Gasteiger charge is 2.25. The molecule has 0 atom stereocenters. The summed E-state index contributed by atoms with van der Waals surface area (Å²) in [6.07, 6.45) is 3.97. The lowest BCUT2D eigenvalue weighted by Crippen LogP contribution is -2.26. The number of nitrogens with one attached hydrogen (secondary N) is 1. The van der Waals surface area contributed by atoms with Crippen molar-refractivity contribution in [3.63, 3.8) is 0 Å². The van der Waals surface area contributed by atoms with Crippen LogP contribution in [0.4, 0.5) is 0 Å². The van der Waals surface area contributed by atoms with Gasteiger partial charge in [0.25, 0.3) is 5.91 Å². The summed E-state index contributed by atoms with van der Waals surface area (Å²) in [5.41, 5.74) is 2.51. The van der Waals surface area contributed by atoms with E-state index < -0.39 is 0 Å². The van der Waals surface area contributed by atoms with Gasteiger partial charge in [-0.25, -0.2) is 4.98 Å². The van der Waals surface area contributed by atoms with Gasteiger partial charge in [0.1, 0.15) is 6.26 Å². The van der Waals surface area contributed by atoms with Gasteiger partial charge in [0.15, 0.2) is 5.69 Å². The first-order valence-corrected chi connectivity index (χ1v) is 10.3. The molecule has 3 aromatic rings. The first-order valence-electron chi connectivity index (χ1n) is 9.89. The van der Waals surface area contributed by atoms with E-state index in [-0.39, 0.29) is 5.91 Å². The van der Waals surface area contributed by atoms with E-state index >= 15 is 0 Å². The molecule has 150 valence electrons. The fourth-order valence-electron chi connectivity index (χ4n) is 3.29. The largest absolute Gasteiger partial charge is 0.447 e. The van der Waals surface area contributed by atoms with E-state index in [9.17, 15) is 4.79 Å². The van der Waals surface area contributed by atoms with Crippen molar-refractivity contribution in [3.05, 3.63) is 88.6 Å². The van der Waals surface area contributed by atoms with Gasteiger partial charge in [-0.2, -0.15) is 0 Å². The number of oxazole rings is 1. The van der Waals surface area contributed by atoms with E-state index in [1.807, 2.05) is 48.5 Å². The van der Waals surface area contributed by atoms with Crippen LogP contribution in [-0.4, -0.2) is 22.3 Å². The van der Waals surface area contributed by atoms with E-state index in [1.54, 1.807) is 0 Å². The third-order valence-electron chi connectivity index (χ3n) is 4.95. The van der Waals surface area contributed by atoms with Crippen molar-refractivity contribution >= 4 is 17.5 Å². The Hall–Kier alpha value is -2.63. The van der Waals surface area contributed by atoms with Gasteiger partial charge in [0.2, 0.25) is 5.89 Å². The topological polar surface area (TPSA) is 58.4 Å². The molecule has 0 unspecified atom stereocenters. The first-order chi connectivity index (χ1) is 14.2. The Morgan fingerprint density at radius 3 is 2.66 bits per heavy atom. The Labute approximate surface area is 175 Å². The number of rotatable bonds is 9. The van der Waals surface area contributed by atoms with E-state index in [1.165, 1.54) is 19.1 Å². The van der Waals surface area contributed by atoms with Gasteiger partial charge in [-0.3, -0.25) is 9.69 Å².